The summed E-state index contributed by atoms with van der Waals surface area (Å²) in [6, 6.07) is 2.03. The molecule has 4 bridgehead atoms. The van der Waals surface area contributed by atoms with Crippen molar-refractivity contribution in [1.82, 2.24) is 0 Å². The van der Waals surface area contributed by atoms with Gasteiger partial charge in [-0.25, -0.2) is 4.79 Å². The zero-order chi connectivity index (χ0) is 19.0. The van der Waals surface area contributed by atoms with Crippen molar-refractivity contribution in [3.8, 4) is 0 Å². The smallest absolute Gasteiger partial charge is 0.334 e. The van der Waals surface area contributed by atoms with E-state index in [-0.39, 0.29) is 30.0 Å². The molecular weight excluding hydrogens is 328 g/mol. The summed E-state index contributed by atoms with van der Waals surface area (Å²) in [5.74, 6) is 1.26. The second-order valence-electron chi connectivity index (χ2n) is 7.45. The number of hydrogen-bond acceptors (Lipinski definition) is 4. The Morgan fingerprint density at radius 1 is 1.31 bits per heavy atom. The minimum atomic E-state index is -0.361. The molecule has 4 heteroatoms. The van der Waals surface area contributed by atoms with Crippen LogP contribution < -0.4 is 0 Å². The van der Waals surface area contributed by atoms with Crippen LogP contribution in [-0.2, 0) is 14.3 Å². The quantitative estimate of drug-likeness (QED) is 0.552. The molecule has 4 atom stereocenters. The summed E-state index contributed by atoms with van der Waals surface area (Å²) < 4.78 is 18.0. The molecule has 2 aliphatic rings. The molecule has 0 aromatic carbocycles. The van der Waals surface area contributed by atoms with Crippen LogP contribution in [0.4, 0.5) is 0 Å². The number of esters is 1. The third-order valence-electron chi connectivity index (χ3n) is 5.34. The Hall–Kier alpha value is -2.07. The summed E-state index contributed by atoms with van der Waals surface area (Å²) in [7, 11) is 0. The molecule has 1 aromatic heterocycles. The van der Waals surface area contributed by atoms with Gasteiger partial charge in [0.2, 0.25) is 0 Å². The van der Waals surface area contributed by atoms with Crippen molar-refractivity contribution in [3.63, 3.8) is 0 Å². The van der Waals surface area contributed by atoms with E-state index in [1.54, 1.807) is 0 Å². The van der Waals surface area contributed by atoms with E-state index < -0.39 is 0 Å². The van der Waals surface area contributed by atoms with Crippen molar-refractivity contribution in [2.45, 2.75) is 58.7 Å². The first-order valence-electron chi connectivity index (χ1n) is 9.27. The van der Waals surface area contributed by atoms with Crippen molar-refractivity contribution in [3.05, 3.63) is 59.1 Å². The summed E-state index contributed by atoms with van der Waals surface area (Å²) in [6.07, 6.45) is 2.78. The highest BCUT2D eigenvalue weighted by atomic mass is 16.5. The minimum Gasteiger partial charge on any atom is -0.462 e. The molecule has 26 heavy (non-hydrogen) atoms. The van der Waals surface area contributed by atoms with E-state index in [9.17, 15) is 4.79 Å². The van der Waals surface area contributed by atoms with E-state index in [1.165, 1.54) is 0 Å². The van der Waals surface area contributed by atoms with Crippen LogP contribution in [0.2, 0.25) is 0 Å². The van der Waals surface area contributed by atoms with Gasteiger partial charge in [0, 0.05) is 18.1 Å². The molecule has 0 saturated heterocycles. The highest BCUT2D eigenvalue weighted by Crippen LogP contribution is 2.43. The summed E-state index contributed by atoms with van der Waals surface area (Å²) in [5.41, 5.74) is 3.71. The lowest BCUT2D eigenvalue weighted by atomic mass is 9.86. The predicted molar refractivity (Wildman–Crippen MR) is 101 cm³/mol. The van der Waals surface area contributed by atoms with Gasteiger partial charge < -0.3 is 13.9 Å². The summed E-state index contributed by atoms with van der Waals surface area (Å²) in [5, 5.41) is 0. The highest BCUT2D eigenvalue weighted by molar-refractivity contribution is 5.91. The Morgan fingerprint density at radius 2 is 2.04 bits per heavy atom. The van der Waals surface area contributed by atoms with Gasteiger partial charge in [-0.3, -0.25) is 0 Å². The first-order valence-corrected chi connectivity index (χ1v) is 9.27. The monoisotopic (exact) mass is 356 g/mol. The van der Waals surface area contributed by atoms with E-state index in [0.717, 1.165) is 40.2 Å². The molecular formula is C22H28O4. The molecule has 3 rings (SSSR count). The SMILES string of the molecule is C=C(C)[C@@H]1CCC2=C[C@@H](OC2=O)[C@@H](C(=C)C)c2cc(C)c(o2)[C@H]1OCC. The largest absolute Gasteiger partial charge is 0.462 e. The van der Waals surface area contributed by atoms with Gasteiger partial charge in [-0.15, -0.1) is 0 Å². The molecule has 0 radical (unpaired) electrons. The van der Waals surface area contributed by atoms with Gasteiger partial charge in [-0.1, -0.05) is 24.3 Å². The fraction of sp³-hybridized carbons (Fsp3) is 0.500. The molecule has 0 spiro atoms. The van der Waals surface area contributed by atoms with Crippen LogP contribution in [0.1, 0.15) is 62.7 Å². The van der Waals surface area contributed by atoms with Crippen LogP contribution in [0.15, 0.2) is 46.4 Å². The number of aryl methyl sites for hydroxylation is 1. The molecule has 2 aliphatic heterocycles. The molecule has 0 N–H and O–H groups in total. The summed E-state index contributed by atoms with van der Waals surface area (Å²) in [4.78, 5) is 12.3. The standard InChI is InChI=1S/C22H28O4/c1-7-24-21-16(12(2)3)9-8-15-11-18(26-22(15)23)19(13(4)5)17-10-14(6)20(21)25-17/h10-11,16,18-19,21H,2,4,7-9H2,1,3,5-6H3/t16-,18+,19-,21-/m0/s1. The Kier molecular flexibility index (Phi) is 5.24. The molecule has 4 nitrogen and oxygen atoms in total. The second-order valence-corrected chi connectivity index (χ2v) is 7.45. The zero-order valence-corrected chi connectivity index (χ0v) is 16.1. The van der Waals surface area contributed by atoms with Crippen LogP contribution in [0.25, 0.3) is 0 Å². The van der Waals surface area contributed by atoms with Gasteiger partial charge in [-0.2, -0.15) is 0 Å². The van der Waals surface area contributed by atoms with Crippen LogP contribution in [-0.4, -0.2) is 18.7 Å². The van der Waals surface area contributed by atoms with Gasteiger partial charge in [0.05, 0.1) is 5.92 Å². The van der Waals surface area contributed by atoms with Crippen LogP contribution in [0.3, 0.4) is 0 Å². The van der Waals surface area contributed by atoms with E-state index >= 15 is 0 Å². The summed E-state index contributed by atoms with van der Waals surface area (Å²) in [6.45, 7) is 16.8. The third-order valence-corrected chi connectivity index (χ3v) is 5.34. The second kappa shape index (κ2) is 7.28. The molecule has 0 aliphatic carbocycles. The van der Waals surface area contributed by atoms with Gasteiger partial charge in [0.15, 0.2) is 0 Å². The number of rotatable bonds is 4. The number of fused-ring (bicyclic) bond motifs is 3. The van der Waals surface area contributed by atoms with E-state index in [2.05, 4.69) is 13.2 Å². The molecule has 0 saturated carbocycles. The fourth-order valence-corrected chi connectivity index (χ4v) is 4.01. The first kappa shape index (κ1) is 18.7. The number of hydrogen-bond donors (Lipinski definition) is 0. The van der Waals surface area contributed by atoms with Gasteiger partial charge >= 0.3 is 5.97 Å². The minimum absolute atomic E-state index is 0.0711. The van der Waals surface area contributed by atoms with E-state index in [0.29, 0.717) is 13.0 Å². The third kappa shape index (κ3) is 3.30. The molecule has 140 valence electrons. The Balaban J connectivity index is 2.15. The average molecular weight is 356 g/mol. The van der Waals surface area contributed by atoms with Crippen molar-refractivity contribution in [2.75, 3.05) is 6.61 Å². The molecule has 0 amide bonds. The Bertz CT molecular complexity index is 767. The molecule has 3 heterocycles. The highest BCUT2D eigenvalue weighted by Gasteiger charge is 2.38. The van der Waals surface area contributed by atoms with Crippen molar-refractivity contribution >= 4 is 5.97 Å². The van der Waals surface area contributed by atoms with Crippen molar-refractivity contribution < 1.29 is 18.7 Å². The maximum atomic E-state index is 12.3. The van der Waals surface area contributed by atoms with Gasteiger partial charge in [0.1, 0.15) is 23.7 Å². The van der Waals surface area contributed by atoms with Gasteiger partial charge in [-0.05, 0) is 58.2 Å². The van der Waals surface area contributed by atoms with Crippen molar-refractivity contribution in [1.29, 1.82) is 0 Å². The normalized spacial score (nSPS) is 28.2. The number of carbonyl (C=O) groups excluding carboxylic acids is 1. The lowest BCUT2D eigenvalue weighted by Gasteiger charge is -2.27. The molecule has 1 aromatic rings. The Labute approximate surface area is 155 Å². The van der Waals surface area contributed by atoms with Crippen LogP contribution in [0.5, 0.6) is 0 Å². The number of furan rings is 1. The lowest BCUT2D eigenvalue weighted by Crippen LogP contribution is -2.20. The molecule has 0 unspecified atom stereocenters. The zero-order valence-electron chi connectivity index (χ0n) is 16.1. The maximum Gasteiger partial charge on any atom is 0.334 e. The van der Waals surface area contributed by atoms with Crippen LogP contribution >= 0.6 is 0 Å². The molecule has 0 fully saturated rings. The first-order chi connectivity index (χ1) is 12.3. The van der Waals surface area contributed by atoms with Crippen molar-refractivity contribution in [2.24, 2.45) is 5.92 Å². The fourth-order valence-electron chi connectivity index (χ4n) is 4.01. The van der Waals surface area contributed by atoms with E-state index in [4.69, 9.17) is 13.9 Å². The lowest BCUT2D eigenvalue weighted by molar-refractivity contribution is -0.140. The predicted octanol–water partition coefficient (Wildman–Crippen LogP) is 5.16. The van der Waals surface area contributed by atoms with Gasteiger partial charge in [0.25, 0.3) is 0 Å². The van der Waals surface area contributed by atoms with E-state index in [1.807, 2.05) is 39.8 Å². The average Bonchev–Trinajstić information content (AvgIpc) is 3.08. The maximum absolute atomic E-state index is 12.3. The number of ether oxygens (including phenoxy) is 2. The van der Waals surface area contributed by atoms with Crippen LogP contribution in [0, 0.1) is 12.8 Å². The Morgan fingerprint density at radius 3 is 2.65 bits per heavy atom. The number of carbonyl (C=O) groups is 1. The summed E-state index contributed by atoms with van der Waals surface area (Å²) >= 11 is 0. The topological polar surface area (TPSA) is 48.7 Å².